The molecule has 0 spiro atoms. The minimum absolute atomic E-state index is 0.0593. The topological polar surface area (TPSA) is 53.9 Å². The van der Waals surface area contributed by atoms with Crippen LogP contribution in [0, 0.1) is 0 Å². The van der Waals surface area contributed by atoms with Gasteiger partial charge in [-0.15, -0.1) is 0 Å². The SMILES string of the molecule is C/C(CCc1ccccc1)=N/NC(=O)CN1CCOCC1. The molecular weight excluding hydrogens is 266 g/mol. The number of amides is 1. The summed E-state index contributed by atoms with van der Waals surface area (Å²) in [4.78, 5) is 13.9. The van der Waals surface area contributed by atoms with Crippen molar-refractivity contribution in [1.82, 2.24) is 10.3 Å². The van der Waals surface area contributed by atoms with Gasteiger partial charge in [-0.25, -0.2) is 5.43 Å². The van der Waals surface area contributed by atoms with Gasteiger partial charge >= 0.3 is 0 Å². The van der Waals surface area contributed by atoms with Gasteiger partial charge in [0, 0.05) is 18.8 Å². The quantitative estimate of drug-likeness (QED) is 0.637. The summed E-state index contributed by atoms with van der Waals surface area (Å²) in [5.74, 6) is -0.0593. The van der Waals surface area contributed by atoms with Crippen LogP contribution in [0.1, 0.15) is 18.9 Å². The fourth-order valence-electron chi connectivity index (χ4n) is 2.18. The molecule has 1 saturated heterocycles. The molecule has 1 aromatic carbocycles. The Morgan fingerprint density at radius 2 is 2.00 bits per heavy atom. The molecule has 0 radical (unpaired) electrons. The van der Waals surface area contributed by atoms with Crippen LogP contribution in [0.3, 0.4) is 0 Å². The zero-order chi connectivity index (χ0) is 14.9. The van der Waals surface area contributed by atoms with Crippen molar-refractivity contribution < 1.29 is 9.53 Å². The summed E-state index contributed by atoms with van der Waals surface area (Å²) in [6.07, 6.45) is 1.79. The normalized spacial score (nSPS) is 16.7. The van der Waals surface area contributed by atoms with Crippen LogP contribution in [0.5, 0.6) is 0 Å². The fraction of sp³-hybridized carbons (Fsp3) is 0.500. The van der Waals surface area contributed by atoms with E-state index in [1.54, 1.807) is 0 Å². The van der Waals surface area contributed by atoms with Gasteiger partial charge in [-0.2, -0.15) is 5.10 Å². The maximum atomic E-state index is 11.8. The second kappa shape index (κ2) is 8.54. The Kier molecular flexibility index (Phi) is 6.37. The predicted molar refractivity (Wildman–Crippen MR) is 83.3 cm³/mol. The fourth-order valence-corrected chi connectivity index (χ4v) is 2.18. The van der Waals surface area contributed by atoms with Gasteiger partial charge in [0.05, 0.1) is 19.8 Å². The Morgan fingerprint density at radius 3 is 2.71 bits per heavy atom. The number of nitrogens with zero attached hydrogens (tertiary/aromatic N) is 2. The van der Waals surface area contributed by atoms with Gasteiger partial charge in [0.1, 0.15) is 0 Å². The van der Waals surface area contributed by atoms with Gasteiger partial charge in [0.15, 0.2) is 0 Å². The molecule has 1 aliphatic rings. The van der Waals surface area contributed by atoms with Gasteiger partial charge in [0.2, 0.25) is 0 Å². The summed E-state index contributed by atoms with van der Waals surface area (Å²) in [6, 6.07) is 10.3. The molecule has 0 atom stereocenters. The first-order valence-corrected chi connectivity index (χ1v) is 7.40. The summed E-state index contributed by atoms with van der Waals surface area (Å²) < 4.78 is 5.25. The lowest BCUT2D eigenvalue weighted by atomic mass is 10.1. The summed E-state index contributed by atoms with van der Waals surface area (Å²) in [5, 5.41) is 4.16. The van der Waals surface area contributed by atoms with E-state index in [1.807, 2.05) is 25.1 Å². The monoisotopic (exact) mass is 289 g/mol. The van der Waals surface area contributed by atoms with Gasteiger partial charge < -0.3 is 4.74 Å². The van der Waals surface area contributed by atoms with Crippen molar-refractivity contribution in [1.29, 1.82) is 0 Å². The van der Waals surface area contributed by atoms with E-state index in [4.69, 9.17) is 4.74 Å². The zero-order valence-electron chi connectivity index (χ0n) is 12.5. The smallest absolute Gasteiger partial charge is 0.254 e. The number of ether oxygens (including phenoxy) is 1. The second-order valence-corrected chi connectivity index (χ2v) is 5.26. The van der Waals surface area contributed by atoms with Crippen LogP contribution in [0.15, 0.2) is 35.4 Å². The van der Waals surface area contributed by atoms with E-state index < -0.39 is 0 Å². The maximum Gasteiger partial charge on any atom is 0.254 e. The van der Waals surface area contributed by atoms with Crippen LogP contribution >= 0.6 is 0 Å². The molecule has 1 heterocycles. The molecule has 5 nitrogen and oxygen atoms in total. The number of hydrogen-bond acceptors (Lipinski definition) is 4. The van der Waals surface area contributed by atoms with Crippen LogP contribution in [-0.4, -0.2) is 49.4 Å². The maximum absolute atomic E-state index is 11.8. The summed E-state index contributed by atoms with van der Waals surface area (Å²) >= 11 is 0. The molecule has 0 unspecified atom stereocenters. The van der Waals surface area contributed by atoms with E-state index in [-0.39, 0.29) is 5.91 Å². The third-order valence-electron chi connectivity index (χ3n) is 3.46. The molecule has 2 rings (SSSR count). The highest BCUT2D eigenvalue weighted by atomic mass is 16.5. The number of hydrogen-bond donors (Lipinski definition) is 1. The summed E-state index contributed by atoms with van der Waals surface area (Å²) in [5.41, 5.74) is 4.86. The zero-order valence-corrected chi connectivity index (χ0v) is 12.5. The van der Waals surface area contributed by atoms with Crippen molar-refractivity contribution in [3.63, 3.8) is 0 Å². The standard InChI is InChI=1S/C16H23N3O2/c1-14(7-8-15-5-3-2-4-6-15)17-18-16(20)13-19-9-11-21-12-10-19/h2-6H,7-13H2,1H3,(H,18,20)/b17-14-. The molecule has 5 heteroatoms. The van der Waals surface area contributed by atoms with Gasteiger partial charge in [0.25, 0.3) is 5.91 Å². The number of benzene rings is 1. The Bertz CT molecular complexity index is 468. The number of carbonyl (C=O) groups is 1. The number of nitrogens with one attached hydrogen (secondary N) is 1. The number of rotatable bonds is 6. The largest absolute Gasteiger partial charge is 0.379 e. The van der Waals surface area contributed by atoms with E-state index in [0.717, 1.165) is 31.6 Å². The average molecular weight is 289 g/mol. The van der Waals surface area contributed by atoms with Crippen LogP contribution in [0.25, 0.3) is 0 Å². The molecule has 1 fully saturated rings. The predicted octanol–water partition coefficient (Wildman–Crippen LogP) is 1.44. The first kappa shape index (κ1) is 15.7. The number of hydrazone groups is 1. The summed E-state index contributed by atoms with van der Waals surface area (Å²) in [6.45, 7) is 5.35. The minimum Gasteiger partial charge on any atom is -0.379 e. The highest BCUT2D eigenvalue weighted by Gasteiger charge is 2.13. The lowest BCUT2D eigenvalue weighted by molar-refractivity contribution is -0.123. The van der Waals surface area contributed by atoms with Crippen molar-refractivity contribution >= 4 is 11.6 Å². The van der Waals surface area contributed by atoms with Crippen LogP contribution in [-0.2, 0) is 16.0 Å². The molecule has 0 aliphatic carbocycles. The van der Waals surface area contributed by atoms with E-state index >= 15 is 0 Å². The van der Waals surface area contributed by atoms with E-state index in [1.165, 1.54) is 5.56 Å². The summed E-state index contributed by atoms with van der Waals surface area (Å²) in [7, 11) is 0. The van der Waals surface area contributed by atoms with Crippen molar-refractivity contribution in [2.45, 2.75) is 19.8 Å². The molecule has 0 saturated carbocycles. The highest BCUT2D eigenvalue weighted by molar-refractivity contribution is 5.85. The molecule has 21 heavy (non-hydrogen) atoms. The Hall–Kier alpha value is -1.72. The van der Waals surface area contributed by atoms with E-state index in [2.05, 4.69) is 27.6 Å². The lowest BCUT2D eigenvalue weighted by Gasteiger charge is -2.25. The lowest BCUT2D eigenvalue weighted by Crippen LogP contribution is -2.42. The number of morpholine rings is 1. The highest BCUT2D eigenvalue weighted by Crippen LogP contribution is 2.03. The van der Waals surface area contributed by atoms with Gasteiger partial charge in [-0.1, -0.05) is 30.3 Å². The molecule has 0 bridgehead atoms. The van der Waals surface area contributed by atoms with E-state index in [0.29, 0.717) is 19.8 Å². The van der Waals surface area contributed by atoms with Crippen LogP contribution < -0.4 is 5.43 Å². The van der Waals surface area contributed by atoms with Gasteiger partial charge in [-0.05, 0) is 25.3 Å². The molecule has 1 amide bonds. The molecule has 114 valence electrons. The van der Waals surface area contributed by atoms with E-state index in [9.17, 15) is 4.79 Å². The van der Waals surface area contributed by atoms with Crippen molar-refractivity contribution in [3.8, 4) is 0 Å². The number of aryl methyl sites for hydroxylation is 1. The molecule has 1 aromatic rings. The molecular formula is C16H23N3O2. The van der Waals surface area contributed by atoms with Crippen molar-refractivity contribution in [2.24, 2.45) is 5.10 Å². The molecule has 1 aliphatic heterocycles. The van der Waals surface area contributed by atoms with Crippen molar-refractivity contribution in [2.75, 3.05) is 32.8 Å². The van der Waals surface area contributed by atoms with Crippen LogP contribution in [0.4, 0.5) is 0 Å². The Labute approximate surface area is 126 Å². The minimum atomic E-state index is -0.0593. The second-order valence-electron chi connectivity index (χ2n) is 5.26. The van der Waals surface area contributed by atoms with Gasteiger partial charge in [-0.3, -0.25) is 9.69 Å². The molecule has 1 N–H and O–H groups in total. The average Bonchev–Trinajstić information content (AvgIpc) is 2.53. The third-order valence-corrected chi connectivity index (χ3v) is 3.46. The first-order valence-electron chi connectivity index (χ1n) is 7.40. The Morgan fingerprint density at radius 1 is 1.29 bits per heavy atom. The van der Waals surface area contributed by atoms with Crippen LogP contribution in [0.2, 0.25) is 0 Å². The van der Waals surface area contributed by atoms with Crippen molar-refractivity contribution in [3.05, 3.63) is 35.9 Å². The Balaban J connectivity index is 1.68. The number of carbonyl (C=O) groups excluding carboxylic acids is 1. The first-order chi connectivity index (χ1) is 10.2. The molecule has 0 aromatic heterocycles. The third kappa shape index (κ3) is 6.06.